The molecular formula is C16H13Cl2N3OS. The predicted octanol–water partition coefficient (Wildman–Crippen LogP) is 4.73. The maximum Gasteiger partial charge on any atom is 0.182 e. The minimum Gasteiger partial charge on any atom is -0.496 e. The Balaban J connectivity index is 1.80. The third-order valence-corrected chi connectivity index (χ3v) is 4.80. The summed E-state index contributed by atoms with van der Waals surface area (Å²) >= 11 is 13.5. The number of para-hydroxylation sites is 1. The second-order valence-electron chi connectivity index (χ2n) is 4.67. The number of hydrogen-bond acceptors (Lipinski definition) is 4. The molecule has 0 bridgehead atoms. The summed E-state index contributed by atoms with van der Waals surface area (Å²) in [5.41, 5.74) is 5.59. The van der Waals surface area contributed by atoms with Gasteiger partial charge in [-0.1, -0.05) is 47.1 Å². The Labute approximate surface area is 148 Å². The Kier molecular flexibility index (Phi) is 5.10. The molecule has 23 heavy (non-hydrogen) atoms. The van der Waals surface area contributed by atoms with Gasteiger partial charge in [-0.25, -0.2) is 4.99 Å². The second-order valence-corrected chi connectivity index (χ2v) is 6.45. The summed E-state index contributed by atoms with van der Waals surface area (Å²) in [4.78, 5) is 4.48. The van der Waals surface area contributed by atoms with Crippen LogP contribution in [0.2, 0.25) is 10.0 Å². The zero-order valence-corrected chi connectivity index (χ0v) is 14.5. The topological polar surface area (TPSA) is 46.0 Å². The summed E-state index contributed by atoms with van der Waals surface area (Å²) in [6.45, 7) is 0. The van der Waals surface area contributed by atoms with Gasteiger partial charge in [-0.2, -0.15) is 5.10 Å². The van der Waals surface area contributed by atoms with Gasteiger partial charge in [0.15, 0.2) is 5.17 Å². The highest BCUT2D eigenvalue weighted by atomic mass is 35.5. The van der Waals surface area contributed by atoms with Crippen molar-refractivity contribution >= 4 is 51.5 Å². The van der Waals surface area contributed by atoms with Crippen molar-refractivity contribution in [2.45, 2.75) is 0 Å². The van der Waals surface area contributed by atoms with Crippen LogP contribution >= 0.6 is 35.0 Å². The van der Waals surface area contributed by atoms with E-state index in [0.717, 1.165) is 22.7 Å². The number of methoxy groups -OCH3 is 1. The smallest absolute Gasteiger partial charge is 0.182 e. The summed E-state index contributed by atoms with van der Waals surface area (Å²) in [5, 5.41) is 6.10. The Bertz CT molecular complexity index is 793. The largest absolute Gasteiger partial charge is 0.496 e. The van der Waals surface area contributed by atoms with E-state index in [1.165, 1.54) is 0 Å². The molecule has 4 nitrogen and oxygen atoms in total. The average Bonchev–Trinajstić information content (AvgIpc) is 2.59. The van der Waals surface area contributed by atoms with Crippen LogP contribution in [0.25, 0.3) is 0 Å². The number of nitrogens with one attached hydrogen (secondary N) is 1. The first-order chi connectivity index (χ1) is 11.2. The number of rotatable bonds is 3. The second kappa shape index (κ2) is 7.25. The van der Waals surface area contributed by atoms with Gasteiger partial charge in [0.2, 0.25) is 0 Å². The Morgan fingerprint density at radius 2 is 2.00 bits per heavy atom. The number of nitrogens with zero attached hydrogens (tertiary/aromatic N) is 2. The van der Waals surface area contributed by atoms with Crippen LogP contribution in [0.15, 0.2) is 52.6 Å². The zero-order chi connectivity index (χ0) is 16.2. The van der Waals surface area contributed by atoms with E-state index in [1.807, 2.05) is 30.3 Å². The standard InChI is InChI=1S/C16H13Cl2N3OS/c1-22-15-5-3-2-4-11(15)14-9-23-16(21-20-14)19-10-6-7-12(17)13(18)8-10/h2-8H,9H2,1H3,(H,19,21). The van der Waals surface area contributed by atoms with E-state index in [1.54, 1.807) is 31.0 Å². The van der Waals surface area contributed by atoms with Crippen LogP contribution in [0.4, 0.5) is 5.69 Å². The van der Waals surface area contributed by atoms with Gasteiger partial charge in [-0.15, -0.1) is 0 Å². The molecular weight excluding hydrogens is 353 g/mol. The third-order valence-electron chi connectivity index (χ3n) is 3.18. The summed E-state index contributed by atoms with van der Waals surface area (Å²) < 4.78 is 5.37. The lowest BCUT2D eigenvalue weighted by atomic mass is 10.1. The highest BCUT2D eigenvalue weighted by molar-refractivity contribution is 8.14. The van der Waals surface area contributed by atoms with Crippen LogP contribution in [0.5, 0.6) is 5.75 Å². The quantitative estimate of drug-likeness (QED) is 0.854. The van der Waals surface area contributed by atoms with E-state index >= 15 is 0 Å². The molecule has 0 unspecified atom stereocenters. The molecule has 1 heterocycles. The minimum atomic E-state index is 0.479. The normalized spacial score (nSPS) is 16.0. The van der Waals surface area contributed by atoms with E-state index in [9.17, 15) is 0 Å². The van der Waals surface area contributed by atoms with Crippen molar-refractivity contribution < 1.29 is 4.74 Å². The molecule has 7 heteroatoms. The van der Waals surface area contributed by atoms with Crippen LogP contribution in [-0.2, 0) is 0 Å². The van der Waals surface area contributed by atoms with E-state index in [0.29, 0.717) is 21.0 Å². The lowest BCUT2D eigenvalue weighted by Gasteiger charge is -2.16. The van der Waals surface area contributed by atoms with Gasteiger partial charge < -0.3 is 4.74 Å². The number of thioether (sulfide) groups is 1. The van der Waals surface area contributed by atoms with E-state index in [2.05, 4.69) is 15.5 Å². The highest BCUT2D eigenvalue weighted by Gasteiger charge is 2.16. The predicted molar refractivity (Wildman–Crippen MR) is 98.7 cm³/mol. The van der Waals surface area contributed by atoms with Crippen molar-refractivity contribution in [1.29, 1.82) is 0 Å². The maximum atomic E-state index is 6.00. The van der Waals surface area contributed by atoms with Gasteiger partial charge in [0.25, 0.3) is 0 Å². The van der Waals surface area contributed by atoms with Crippen molar-refractivity contribution in [3.8, 4) is 5.75 Å². The number of amidine groups is 1. The Hall–Kier alpha value is -1.69. The molecule has 0 atom stereocenters. The monoisotopic (exact) mass is 365 g/mol. The molecule has 0 spiro atoms. The molecule has 0 saturated heterocycles. The lowest BCUT2D eigenvalue weighted by molar-refractivity contribution is 0.414. The fraction of sp³-hybridized carbons (Fsp3) is 0.125. The molecule has 0 saturated carbocycles. The van der Waals surface area contributed by atoms with Crippen LogP contribution in [-0.4, -0.2) is 23.7 Å². The van der Waals surface area contributed by atoms with Crippen molar-refractivity contribution in [2.75, 3.05) is 12.9 Å². The molecule has 3 rings (SSSR count). The number of benzene rings is 2. The average molecular weight is 366 g/mol. The van der Waals surface area contributed by atoms with Gasteiger partial charge in [0, 0.05) is 11.3 Å². The molecule has 2 aromatic carbocycles. The van der Waals surface area contributed by atoms with E-state index < -0.39 is 0 Å². The SMILES string of the molecule is COc1ccccc1C1=NNC(=Nc2ccc(Cl)c(Cl)c2)SC1. The van der Waals surface area contributed by atoms with Crippen molar-refractivity contribution in [3.63, 3.8) is 0 Å². The molecule has 0 radical (unpaired) electrons. The zero-order valence-electron chi connectivity index (χ0n) is 12.2. The fourth-order valence-electron chi connectivity index (χ4n) is 2.07. The summed E-state index contributed by atoms with van der Waals surface area (Å²) in [6.07, 6.45) is 0. The van der Waals surface area contributed by atoms with Crippen LogP contribution in [0, 0.1) is 0 Å². The number of hydrogen-bond donors (Lipinski definition) is 1. The molecule has 1 aliphatic heterocycles. The van der Waals surface area contributed by atoms with Gasteiger partial charge in [-0.05, 0) is 30.3 Å². The van der Waals surface area contributed by atoms with Gasteiger partial charge in [-0.3, -0.25) is 5.43 Å². The number of halogens is 2. The molecule has 0 aromatic heterocycles. The maximum absolute atomic E-state index is 6.00. The first kappa shape index (κ1) is 16.2. The highest BCUT2D eigenvalue weighted by Crippen LogP contribution is 2.28. The number of hydrazone groups is 1. The molecule has 1 aliphatic rings. The molecule has 1 N–H and O–H groups in total. The van der Waals surface area contributed by atoms with Gasteiger partial charge >= 0.3 is 0 Å². The van der Waals surface area contributed by atoms with Crippen molar-refractivity contribution in [3.05, 3.63) is 58.1 Å². The summed E-state index contributed by atoms with van der Waals surface area (Å²) in [5.74, 6) is 1.51. The van der Waals surface area contributed by atoms with Crippen LogP contribution in [0.3, 0.4) is 0 Å². The molecule has 0 fully saturated rings. The summed E-state index contributed by atoms with van der Waals surface area (Å²) in [6, 6.07) is 13.1. The minimum absolute atomic E-state index is 0.479. The summed E-state index contributed by atoms with van der Waals surface area (Å²) in [7, 11) is 1.65. The third kappa shape index (κ3) is 3.80. The van der Waals surface area contributed by atoms with Crippen molar-refractivity contribution in [1.82, 2.24) is 5.43 Å². The van der Waals surface area contributed by atoms with Crippen molar-refractivity contribution in [2.24, 2.45) is 10.1 Å². The Morgan fingerprint density at radius 1 is 1.17 bits per heavy atom. The fourth-order valence-corrected chi connectivity index (χ4v) is 3.13. The Morgan fingerprint density at radius 3 is 2.70 bits per heavy atom. The van der Waals surface area contributed by atoms with E-state index in [4.69, 9.17) is 27.9 Å². The van der Waals surface area contributed by atoms with Crippen LogP contribution < -0.4 is 10.2 Å². The molecule has 118 valence electrons. The lowest BCUT2D eigenvalue weighted by Crippen LogP contribution is -2.25. The van der Waals surface area contributed by atoms with Gasteiger partial charge in [0.05, 0.1) is 28.6 Å². The van der Waals surface area contributed by atoms with E-state index in [-0.39, 0.29) is 0 Å². The first-order valence-corrected chi connectivity index (χ1v) is 8.54. The molecule has 2 aromatic rings. The van der Waals surface area contributed by atoms with Crippen LogP contribution in [0.1, 0.15) is 5.56 Å². The molecule has 0 aliphatic carbocycles. The first-order valence-electron chi connectivity index (χ1n) is 6.80. The molecule has 0 amide bonds. The number of aliphatic imine (C=N–C) groups is 1. The number of ether oxygens (including phenoxy) is 1. The van der Waals surface area contributed by atoms with Gasteiger partial charge in [0.1, 0.15) is 5.75 Å².